The quantitative estimate of drug-likeness (QED) is 0.821. The molecule has 3 fully saturated rings. The summed E-state index contributed by atoms with van der Waals surface area (Å²) >= 11 is 0. The zero-order valence-electron chi connectivity index (χ0n) is 15.5. The lowest BCUT2D eigenvalue weighted by Crippen LogP contribution is -2.35. The van der Waals surface area contributed by atoms with E-state index < -0.39 is 0 Å². The molecule has 0 spiro atoms. The molecule has 1 saturated carbocycles. The Labute approximate surface area is 159 Å². The third kappa shape index (κ3) is 2.91. The normalized spacial score (nSPS) is 24.7. The van der Waals surface area contributed by atoms with Crippen molar-refractivity contribution in [1.82, 2.24) is 4.90 Å². The van der Waals surface area contributed by atoms with Crippen molar-refractivity contribution in [2.45, 2.75) is 38.5 Å². The van der Waals surface area contributed by atoms with Gasteiger partial charge in [-0.1, -0.05) is 0 Å². The first-order chi connectivity index (χ1) is 13.1. The SMILES string of the molecule is O=C([C@@H]1CC(=O)N(c2ccc3c(c2)CCN3C(=O)C2CC2)C1)N1CCCC1. The third-order valence-corrected chi connectivity index (χ3v) is 6.35. The number of benzene rings is 1. The molecule has 1 atom stereocenters. The molecule has 4 aliphatic rings. The topological polar surface area (TPSA) is 60.9 Å². The van der Waals surface area contributed by atoms with Crippen molar-refractivity contribution in [3.8, 4) is 0 Å². The van der Waals surface area contributed by atoms with Crippen LogP contribution in [0.15, 0.2) is 18.2 Å². The molecule has 1 aromatic rings. The number of nitrogens with zero attached hydrogens (tertiary/aromatic N) is 3. The third-order valence-electron chi connectivity index (χ3n) is 6.35. The molecule has 27 heavy (non-hydrogen) atoms. The Morgan fingerprint density at radius 2 is 1.74 bits per heavy atom. The summed E-state index contributed by atoms with van der Waals surface area (Å²) in [7, 11) is 0. The first-order valence-corrected chi connectivity index (χ1v) is 10.2. The minimum atomic E-state index is -0.225. The average Bonchev–Trinajstić information content (AvgIpc) is 3.08. The number of rotatable bonds is 3. The number of hydrogen-bond acceptors (Lipinski definition) is 3. The summed E-state index contributed by atoms with van der Waals surface area (Å²) in [6, 6.07) is 5.94. The number of carbonyl (C=O) groups excluding carboxylic acids is 3. The number of likely N-dealkylation sites (tertiary alicyclic amines) is 1. The summed E-state index contributed by atoms with van der Waals surface area (Å²) in [5, 5.41) is 0. The second kappa shape index (κ2) is 6.36. The van der Waals surface area contributed by atoms with E-state index in [9.17, 15) is 14.4 Å². The molecule has 3 aliphatic heterocycles. The zero-order chi connectivity index (χ0) is 18.5. The van der Waals surface area contributed by atoms with E-state index in [1.165, 1.54) is 0 Å². The molecule has 5 rings (SSSR count). The number of amides is 3. The van der Waals surface area contributed by atoms with E-state index in [1.54, 1.807) is 4.90 Å². The molecule has 1 aromatic carbocycles. The molecular weight excluding hydrogens is 342 g/mol. The van der Waals surface area contributed by atoms with Gasteiger partial charge in [0, 0.05) is 49.9 Å². The molecule has 142 valence electrons. The van der Waals surface area contributed by atoms with Crippen LogP contribution in [-0.4, -0.2) is 48.8 Å². The van der Waals surface area contributed by atoms with Gasteiger partial charge >= 0.3 is 0 Å². The Balaban J connectivity index is 1.32. The Bertz CT molecular complexity index is 811. The zero-order valence-corrected chi connectivity index (χ0v) is 15.5. The highest BCUT2D eigenvalue weighted by Crippen LogP contribution is 2.38. The molecular formula is C21H25N3O3. The summed E-state index contributed by atoms with van der Waals surface area (Å²) in [5.41, 5.74) is 2.98. The fourth-order valence-electron chi connectivity index (χ4n) is 4.65. The molecule has 0 unspecified atom stereocenters. The Hall–Kier alpha value is -2.37. The van der Waals surface area contributed by atoms with Crippen molar-refractivity contribution in [3.05, 3.63) is 23.8 Å². The largest absolute Gasteiger partial charge is 0.342 e. The fraction of sp³-hybridized carbons (Fsp3) is 0.571. The van der Waals surface area contributed by atoms with Gasteiger partial charge < -0.3 is 14.7 Å². The van der Waals surface area contributed by atoms with Crippen molar-refractivity contribution in [2.75, 3.05) is 36.0 Å². The van der Waals surface area contributed by atoms with Gasteiger partial charge in [-0.3, -0.25) is 14.4 Å². The Kier molecular flexibility index (Phi) is 3.95. The molecule has 0 aromatic heterocycles. The van der Waals surface area contributed by atoms with E-state index in [0.717, 1.165) is 68.7 Å². The molecule has 3 amide bonds. The Morgan fingerprint density at radius 1 is 0.963 bits per heavy atom. The molecule has 0 radical (unpaired) electrons. The molecule has 1 aliphatic carbocycles. The smallest absolute Gasteiger partial charge is 0.230 e. The highest BCUT2D eigenvalue weighted by atomic mass is 16.2. The van der Waals surface area contributed by atoms with Gasteiger partial charge in [0.25, 0.3) is 0 Å². The van der Waals surface area contributed by atoms with E-state index in [2.05, 4.69) is 0 Å². The molecule has 3 heterocycles. The predicted octanol–water partition coefficient (Wildman–Crippen LogP) is 1.96. The standard InChI is InChI=1S/C21H25N3O3/c25-19-12-16(20(26)22-8-1-2-9-22)13-24(19)17-5-6-18-15(11-17)7-10-23(18)21(27)14-3-4-14/h5-6,11,14,16H,1-4,7-10,12-13H2/t16-/m1/s1. The second-order valence-electron chi connectivity index (χ2n) is 8.26. The van der Waals surface area contributed by atoms with Crippen LogP contribution in [0.5, 0.6) is 0 Å². The summed E-state index contributed by atoms with van der Waals surface area (Å²) < 4.78 is 0. The van der Waals surface area contributed by atoms with Gasteiger partial charge in [0.05, 0.1) is 5.92 Å². The van der Waals surface area contributed by atoms with Crippen LogP contribution < -0.4 is 9.80 Å². The maximum absolute atomic E-state index is 12.6. The van der Waals surface area contributed by atoms with Crippen molar-refractivity contribution < 1.29 is 14.4 Å². The minimum absolute atomic E-state index is 0.0245. The van der Waals surface area contributed by atoms with Crippen molar-refractivity contribution in [2.24, 2.45) is 11.8 Å². The van der Waals surface area contributed by atoms with Crippen LogP contribution in [0.1, 0.15) is 37.7 Å². The van der Waals surface area contributed by atoms with Crippen molar-refractivity contribution in [3.63, 3.8) is 0 Å². The summed E-state index contributed by atoms with van der Waals surface area (Å²) in [4.78, 5) is 43.2. The summed E-state index contributed by atoms with van der Waals surface area (Å²) in [5.74, 6) is 0.391. The van der Waals surface area contributed by atoms with Crippen molar-refractivity contribution >= 4 is 29.1 Å². The molecule has 0 N–H and O–H groups in total. The Morgan fingerprint density at radius 3 is 2.48 bits per heavy atom. The van der Waals surface area contributed by atoms with Crippen LogP contribution >= 0.6 is 0 Å². The van der Waals surface area contributed by atoms with Gasteiger partial charge in [-0.15, -0.1) is 0 Å². The first kappa shape index (κ1) is 16.8. The van der Waals surface area contributed by atoms with E-state index in [4.69, 9.17) is 0 Å². The summed E-state index contributed by atoms with van der Waals surface area (Å²) in [6.07, 6.45) is 5.29. The maximum Gasteiger partial charge on any atom is 0.230 e. The average molecular weight is 367 g/mol. The minimum Gasteiger partial charge on any atom is -0.342 e. The van der Waals surface area contributed by atoms with Gasteiger partial charge in [-0.05, 0) is 55.9 Å². The van der Waals surface area contributed by atoms with E-state index in [1.807, 2.05) is 28.0 Å². The fourth-order valence-corrected chi connectivity index (χ4v) is 4.65. The first-order valence-electron chi connectivity index (χ1n) is 10.2. The van der Waals surface area contributed by atoms with Gasteiger partial charge in [0.2, 0.25) is 17.7 Å². The lowest BCUT2D eigenvalue weighted by atomic mass is 10.1. The number of carbonyl (C=O) groups is 3. The van der Waals surface area contributed by atoms with Crippen LogP contribution in [0.3, 0.4) is 0 Å². The van der Waals surface area contributed by atoms with Crippen LogP contribution in [0.2, 0.25) is 0 Å². The van der Waals surface area contributed by atoms with Gasteiger partial charge in [0.1, 0.15) is 0 Å². The lowest BCUT2D eigenvalue weighted by Gasteiger charge is -2.21. The van der Waals surface area contributed by atoms with E-state index >= 15 is 0 Å². The number of anilines is 2. The van der Waals surface area contributed by atoms with Gasteiger partial charge in [-0.2, -0.15) is 0 Å². The van der Waals surface area contributed by atoms with E-state index in [-0.39, 0.29) is 29.6 Å². The molecule has 0 bridgehead atoms. The highest BCUT2D eigenvalue weighted by molar-refractivity contribution is 6.02. The molecule has 2 saturated heterocycles. The predicted molar refractivity (Wildman–Crippen MR) is 101 cm³/mol. The number of hydrogen-bond donors (Lipinski definition) is 0. The van der Waals surface area contributed by atoms with Crippen LogP contribution in [0.25, 0.3) is 0 Å². The van der Waals surface area contributed by atoms with Crippen LogP contribution in [-0.2, 0) is 20.8 Å². The van der Waals surface area contributed by atoms with Gasteiger partial charge in [0.15, 0.2) is 0 Å². The summed E-state index contributed by atoms with van der Waals surface area (Å²) in [6.45, 7) is 2.86. The van der Waals surface area contributed by atoms with Crippen molar-refractivity contribution in [1.29, 1.82) is 0 Å². The van der Waals surface area contributed by atoms with Gasteiger partial charge in [-0.25, -0.2) is 0 Å². The second-order valence-corrected chi connectivity index (χ2v) is 8.26. The molecule has 6 heteroatoms. The lowest BCUT2D eigenvalue weighted by molar-refractivity contribution is -0.134. The highest BCUT2D eigenvalue weighted by Gasteiger charge is 2.39. The maximum atomic E-state index is 12.6. The van der Waals surface area contributed by atoms with E-state index in [0.29, 0.717) is 13.0 Å². The molecule has 6 nitrogen and oxygen atoms in total. The van der Waals surface area contributed by atoms with Crippen LogP contribution in [0.4, 0.5) is 11.4 Å². The number of fused-ring (bicyclic) bond motifs is 1. The van der Waals surface area contributed by atoms with Crippen LogP contribution in [0, 0.1) is 11.8 Å². The monoisotopic (exact) mass is 367 g/mol.